The van der Waals surface area contributed by atoms with Crippen molar-refractivity contribution in [3.8, 4) is 0 Å². The van der Waals surface area contributed by atoms with Crippen molar-refractivity contribution < 1.29 is 0 Å². The number of guanidine groups is 1. The molecule has 9 heteroatoms. The number of aromatic nitrogens is 2. The van der Waals surface area contributed by atoms with E-state index < -0.39 is 0 Å². The van der Waals surface area contributed by atoms with Crippen molar-refractivity contribution in [2.45, 2.75) is 38.8 Å². The lowest BCUT2D eigenvalue weighted by atomic mass is 10.2. The minimum atomic E-state index is 0. The van der Waals surface area contributed by atoms with Crippen LogP contribution in [0.5, 0.6) is 0 Å². The molecular formula is C20H32IN7S. The number of anilines is 2. The van der Waals surface area contributed by atoms with Crippen LogP contribution < -0.4 is 20.4 Å². The molecule has 0 amide bonds. The van der Waals surface area contributed by atoms with E-state index in [2.05, 4.69) is 48.0 Å². The molecular weight excluding hydrogens is 497 g/mol. The molecule has 1 fully saturated rings. The predicted molar refractivity (Wildman–Crippen MR) is 134 cm³/mol. The molecule has 0 bridgehead atoms. The maximum atomic E-state index is 4.59. The Morgan fingerprint density at radius 3 is 2.55 bits per heavy atom. The standard InChI is InChI=1S/C20H31N7S.HI/c1-21-19(24-14-17-15-28-20(25-17)26(2)3)23-13-16-8-9-22-18(12-16)27-10-6-4-5-7-11-27;/h8-9,12,15H,4-7,10-11,13-14H2,1-3H3,(H2,21,23,24);1H. The van der Waals surface area contributed by atoms with E-state index in [9.17, 15) is 0 Å². The molecule has 2 aromatic heterocycles. The molecule has 0 spiro atoms. The average Bonchev–Trinajstić information content (AvgIpc) is 3.02. The Hall–Kier alpha value is -1.62. The summed E-state index contributed by atoms with van der Waals surface area (Å²) in [5.74, 6) is 1.86. The third-order valence-corrected chi connectivity index (χ3v) is 5.84. The molecule has 3 rings (SSSR count). The Morgan fingerprint density at radius 1 is 1.17 bits per heavy atom. The van der Waals surface area contributed by atoms with E-state index in [0.29, 0.717) is 13.1 Å². The van der Waals surface area contributed by atoms with Crippen LogP contribution in [-0.4, -0.2) is 50.2 Å². The fourth-order valence-corrected chi connectivity index (χ4v) is 3.97. The second-order valence-corrected chi connectivity index (χ2v) is 8.06. The summed E-state index contributed by atoms with van der Waals surface area (Å²) >= 11 is 1.65. The summed E-state index contributed by atoms with van der Waals surface area (Å²) in [6, 6.07) is 4.25. The first kappa shape index (κ1) is 23.7. The number of nitrogens with one attached hydrogen (secondary N) is 2. The molecule has 0 atom stereocenters. The van der Waals surface area contributed by atoms with Crippen LogP contribution >= 0.6 is 35.3 Å². The fourth-order valence-electron chi connectivity index (χ4n) is 3.21. The molecule has 2 aromatic rings. The van der Waals surface area contributed by atoms with Crippen LogP contribution in [-0.2, 0) is 13.1 Å². The van der Waals surface area contributed by atoms with Gasteiger partial charge >= 0.3 is 0 Å². The minimum absolute atomic E-state index is 0. The van der Waals surface area contributed by atoms with E-state index in [4.69, 9.17) is 0 Å². The largest absolute Gasteiger partial charge is 0.357 e. The Bertz CT molecular complexity index is 770. The molecule has 0 aromatic carbocycles. The average molecular weight is 529 g/mol. The van der Waals surface area contributed by atoms with Crippen LogP contribution in [0.1, 0.15) is 36.9 Å². The van der Waals surface area contributed by atoms with Crippen molar-refractivity contribution in [3.05, 3.63) is 35.0 Å². The van der Waals surface area contributed by atoms with Crippen molar-refractivity contribution in [2.24, 2.45) is 4.99 Å². The van der Waals surface area contributed by atoms with Crippen molar-refractivity contribution >= 4 is 52.2 Å². The van der Waals surface area contributed by atoms with Crippen molar-refractivity contribution in [1.82, 2.24) is 20.6 Å². The highest BCUT2D eigenvalue weighted by molar-refractivity contribution is 14.0. The predicted octanol–water partition coefficient (Wildman–Crippen LogP) is 3.47. The number of hydrogen-bond acceptors (Lipinski definition) is 6. The molecule has 0 aliphatic carbocycles. The Labute approximate surface area is 195 Å². The molecule has 160 valence electrons. The highest BCUT2D eigenvalue weighted by Crippen LogP contribution is 2.19. The molecule has 29 heavy (non-hydrogen) atoms. The van der Waals surface area contributed by atoms with Gasteiger partial charge in [0.2, 0.25) is 0 Å². The summed E-state index contributed by atoms with van der Waals surface area (Å²) < 4.78 is 0. The van der Waals surface area contributed by atoms with E-state index in [1.165, 1.54) is 31.2 Å². The maximum absolute atomic E-state index is 4.59. The first-order valence-electron chi connectivity index (χ1n) is 9.92. The Balaban J connectivity index is 0.00000300. The molecule has 2 N–H and O–H groups in total. The number of pyridine rings is 1. The monoisotopic (exact) mass is 529 g/mol. The molecule has 1 aliphatic rings. The van der Waals surface area contributed by atoms with Crippen LogP contribution in [0.4, 0.5) is 10.9 Å². The molecule has 3 heterocycles. The highest BCUT2D eigenvalue weighted by atomic mass is 127. The number of aliphatic imine (C=N–C) groups is 1. The van der Waals surface area contributed by atoms with Gasteiger partial charge in [-0.25, -0.2) is 9.97 Å². The molecule has 0 unspecified atom stereocenters. The zero-order valence-corrected chi connectivity index (χ0v) is 20.7. The first-order chi connectivity index (χ1) is 13.7. The molecule has 0 saturated carbocycles. The zero-order valence-electron chi connectivity index (χ0n) is 17.5. The summed E-state index contributed by atoms with van der Waals surface area (Å²) in [6.07, 6.45) is 7.08. The third kappa shape index (κ3) is 7.29. The maximum Gasteiger partial charge on any atom is 0.191 e. The number of thiazole rings is 1. The van der Waals surface area contributed by atoms with E-state index in [1.54, 1.807) is 18.4 Å². The summed E-state index contributed by atoms with van der Waals surface area (Å²) in [4.78, 5) is 17.9. The van der Waals surface area contributed by atoms with Gasteiger partial charge in [-0.2, -0.15) is 0 Å². The molecule has 0 radical (unpaired) electrons. The minimum Gasteiger partial charge on any atom is -0.357 e. The first-order valence-corrected chi connectivity index (χ1v) is 10.8. The van der Waals surface area contributed by atoms with Crippen molar-refractivity contribution in [1.29, 1.82) is 0 Å². The number of nitrogens with zero attached hydrogens (tertiary/aromatic N) is 5. The number of rotatable bonds is 6. The lowest BCUT2D eigenvalue weighted by Gasteiger charge is -2.22. The van der Waals surface area contributed by atoms with Gasteiger partial charge in [0.15, 0.2) is 11.1 Å². The van der Waals surface area contributed by atoms with E-state index in [-0.39, 0.29) is 24.0 Å². The van der Waals surface area contributed by atoms with Gasteiger partial charge in [0.25, 0.3) is 0 Å². The summed E-state index contributed by atoms with van der Waals surface area (Å²) in [7, 11) is 5.80. The Morgan fingerprint density at radius 2 is 1.90 bits per heavy atom. The summed E-state index contributed by atoms with van der Waals surface area (Å²) in [6.45, 7) is 3.58. The van der Waals surface area contributed by atoms with Gasteiger partial charge in [-0.05, 0) is 30.5 Å². The van der Waals surface area contributed by atoms with Gasteiger partial charge in [-0.1, -0.05) is 12.8 Å². The smallest absolute Gasteiger partial charge is 0.191 e. The molecule has 7 nitrogen and oxygen atoms in total. The van der Waals surface area contributed by atoms with Gasteiger partial charge in [0, 0.05) is 52.4 Å². The van der Waals surface area contributed by atoms with Gasteiger partial charge in [0.05, 0.1) is 12.2 Å². The number of hydrogen-bond donors (Lipinski definition) is 2. The molecule has 1 aliphatic heterocycles. The van der Waals surface area contributed by atoms with Crippen LogP contribution in [0.25, 0.3) is 0 Å². The van der Waals surface area contributed by atoms with Crippen molar-refractivity contribution in [2.75, 3.05) is 44.0 Å². The normalized spacial score (nSPS) is 14.7. The third-order valence-electron chi connectivity index (χ3n) is 4.78. The van der Waals surface area contributed by atoms with Crippen LogP contribution in [0.3, 0.4) is 0 Å². The summed E-state index contributed by atoms with van der Waals surface area (Å²) in [5, 5.41) is 9.81. The van der Waals surface area contributed by atoms with Crippen molar-refractivity contribution in [3.63, 3.8) is 0 Å². The van der Waals surface area contributed by atoms with Crippen LogP contribution in [0.15, 0.2) is 28.7 Å². The van der Waals surface area contributed by atoms with Gasteiger partial charge in [-0.15, -0.1) is 35.3 Å². The molecule has 1 saturated heterocycles. The van der Waals surface area contributed by atoms with Crippen LogP contribution in [0, 0.1) is 0 Å². The van der Waals surface area contributed by atoms with E-state index in [0.717, 1.165) is 35.7 Å². The highest BCUT2D eigenvalue weighted by Gasteiger charge is 2.11. The Kier molecular flexibility index (Phi) is 9.92. The zero-order chi connectivity index (χ0) is 19.8. The van der Waals surface area contributed by atoms with Gasteiger partial charge < -0.3 is 20.4 Å². The quantitative estimate of drug-likeness (QED) is 0.340. The topological polar surface area (TPSA) is 68.7 Å². The lowest BCUT2D eigenvalue weighted by Crippen LogP contribution is -2.36. The summed E-state index contributed by atoms with van der Waals surface area (Å²) in [5.41, 5.74) is 2.23. The lowest BCUT2D eigenvalue weighted by molar-refractivity contribution is 0.726. The second-order valence-electron chi connectivity index (χ2n) is 7.22. The van der Waals surface area contributed by atoms with E-state index >= 15 is 0 Å². The van der Waals surface area contributed by atoms with Gasteiger partial charge in [0.1, 0.15) is 5.82 Å². The van der Waals surface area contributed by atoms with Crippen LogP contribution in [0.2, 0.25) is 0 Å². The fraction of sp³-hybridized carbons (Fsp3) is 0.550. The number of halogens is 1. The SMILES string of the molecule is CN=C(NCc1ccnc(N2CCCCCC2)c1)NCc1csc(N(C)C)n1.I. The second kappa shape index (κ2) is 12.2. The van der Waals surface area contributed by atoms with Gasteiger partial charge in [-0.3, -0.25) is 4.99 Å². The van der Waals surface area contributed by atoms with E-state index in [1.807, 2.05) is 25.2 Å².